The molecule has 9 heteroatoms. The topological polar surface area (TPSA) is 79.5 Å². The number of benzene rings is 1. The number of rotatable bonds is 5. The van der Waals surface area contributed by atoms with E-state index in [0.717, 1.165) is 48.5 Å². The van der Waals surface area contributed by atoms with E-state index in [1.54, 1.807) is 33.4 Å². The number of amides is 1. The summed E-state index contributed by atoms with van der Waals surface area (Å²) < 4.78 is 12.8. The molecule has 164 valence electrons. The predicted molar refractivity (Wildman–Crippen MR) is 120 cm³/mol. The molecule has 0 radical (unpaired) electrons. The fourth-order valence-corrected chi connectivity index (χ4v) is 4.27. The van der Waals surface area contributed by atoms with Crippen molar-refractivity contribution in [3.05, 3.63) is 41.7 Å². The van der Waals surface area contributed by atoms with Crippen LogP contribution in [-0.2, 0) is 0 Å². The Hall–Kier alpha value is -3.13. The van der Waals surface area contributed by atoms with E-state index in [2.05, 4.69) is 11.0 Å². The third-order valence-corrected chi connectivity index (χ3v) is 6.17. The van der Waals surface area contributed by atoms with Crippen LogP contribution in [0.3, 0.4) is 0 Å². The zero-order valence-corrected chi connectivity index (χ0v) is 18.5. The number of ether oxygens (including phenoxy) is 2. The largest absolute Gasteiger partial charge is 0.496 e. The lowest BCUT2D eigenvalue weighted by molar-refractivity contribution is 0.131. The highest BCUT2D eigenvalue weighted by molar-refractivity contribution is 6.32. The van der Waals surface area contributed by atoms with Crippen LogP contribution < -0.4 is 14.4 Å². The van der Waals surface area contributed by atoms with Crippen molar-refractivity contribution in [1.82, 2.24) is 14.3 Å². The highest BCUT2D eigenvalue weighted by Gasteiger charge is 2.25. The van der Waals surface area contributed by atoms with Gasteiger partial charge in [0.1, 0.15) is 17.1 Å². The molecule has 2 aromatic heterocycles. The Morgan fingerprint density at radius 2 is 1.90 bits per heavy atom. The highest BCUT2D eigenvalue weighted by atomic mass is 35.5. The van der Waals surface area contributed by atoms with Gasteiger partial charge in [-0.05, 0) is 25.0 Å². The number of hydrogen-bond acceptors (Lipinski definition) is 5. The van der Waals surface area contributed by atoms with Crippen LogP contribution in [0.25, 0.3) is 16.9 Å². The molecule has 1 aromatic carbocycles. The number of carbonyl (C=O) groups is 1. The maximum atomic E-state index is 11.2. The normalized spacial score (nSPS) is 14.6. The van der Waals surface area contributed by atoms with Crippen molar-refractivity contribution in [3.8, 4) is 22.8 Å². The molecular weight excluding hydrogens is 420 g/mol. The fourth-order valence-electron chi connectivity index (χ4n) is 4.03. The van der Waals surface area contributed by atoms with Crippen molar-refractivity contribution < 1.29 is 19.4 Å². The lowest BCUT2D eigenvalue weighted by atomic mass is 10.0. The molecule has 1 fully saturated rings. The van der Waals surface area contributed by atoms with Crippen molar-refractivity contribution in [2.24, 2.45) is 0 Å². The number of nitrogens with zero attached hydrogens (tertiary/aromatic N) is 4. The Morgan fingerprint density at radius 3 is 2.55 bits per heavy atom. The molecule has 1 amide bonds. The molecule has 1 aliphatic rings. The monoisotopic (exact) mass is 444 g/mol. The van der Waals surface area contributed by atoms with Crippen LogP contribution in [0, 0.1) is 0 Å². The molecular formula is C22H25ClN4O4. The van der Waals surface area contributed by atoms with Gasteiger partial charge in [-0.15, -0.1) is 0 Å². The third-order valence-electron chi connectivity index (χ3n) is 5.87. The summed E-state index contributed by atoms with van der Waals surface area (Å²) >= 11 is 6.33. The lowest BCUT2D eigenvalue weighted by Gasteiger charge is -2.36. The molecule has 0 saturated carbocycles. The van der Waals surface area contributed by atoms with E-state index in [1.807, 2.05) is 22.9 Å². The molecule has 0 unspecified atom stereocenters. The quantitative estimate of drug-likeness (QED) is 0.633. The van der Waals surface area contributed by atoms with E-state index >= 15 is 0 Å². The van der Waals surface area contributed by atoms with Crippen LogP contribution in [0.5, 0.6) is 11.5 Å². The summed E-state index contributed by atoms with van der Waals surface area (Å²) in [7, 11) is 4.81. The smallest absolute Gasteiger partial charge is 0.407 e. The molecule has 1 aliphatic heterocycles. The lowest BCUT2D eigenvalue weighted by Crippen LogP contribution is -2.45. The van der Waals surface area contributed by atoms with E-state index in [-0.39, 0.29) is 6.04 Å². The number of fused-ring (bicyclic) bond motifs is 1. The number of aromatic nitrogens is 2. The van der Waals surface area contributed by atoms with Gasteiger partial charge in [-0.3, -0.25) is 0 Å². The maximum absolute atomic E-state index is 11.2. The van der Waals surface area contributed by atoms with Crippen LogP contribution >= 0.6 is 11.6 Å². The summed E-state index contributed by atoms with van der Waals surface area (Å²) in [5.41, 5.74) is 3.42. The van der Waals surface area contributed by atoms with Crippen molar-refractivity contribution >= 4 is 29.0 Å². The average Bonchev–Trinajstić information content (AvgIpc) is 3.21. The van der Waals surface area contributed by atoms with E-state index in [9.17, 15) is 9.90 Å². The van der Waals surface area contributed by atoms with E-state index in [1.165, 1.54) is 4.90 Å². The second-order valence-electron chi connectivity index (χ2n) is 7.58. The fraction of sp³-hybridized carbons (Fsp3) is 0.364. The molecule has 3 aromatic rings. The zero-order valence-electron chi connectivity index (χ0n) is 17.7. The molecule has 4 rings (SSSR count). The second kappa shape index (κ2) is 8.55. The first kappa shape index (κ1) is 21.1. The molecule has 1 N–H and O–H groups in total. The van der Waals surface area contributed by atoms with Crippen LogP contribution in [0.2, 0.25) is 5.02 Å². The van der Waals surface area contributed by atoms with E-state index in [4.69, 9.17) is 26.1 Å². The van der Waals surface area contributed by atoms with Crippen LogP contribution in [-0.4, -0.2) is 65.9 Å². The zero-order chi connectivity index (χ0) is 22.1. The van der Waals surface area contributed by atoms with Gasteiger partial charge in [-0.25, -0.2) is 9.78 Å². The molecule has 31 heavy (non-hydrogen) atoms. The summed E-state index contributed by atoms with van der Waals surface area (Å²) in [5, 5.41) is 9.68. The number of imidazole rings is 1. The number of carboxylic acid groups (broad SMARTS) is 1. The first-order chi connectivity index (χ1) is 14.9. The van der Waals surface area contributed by atoms with Crippen LogP contribution in [0.4, 0.5) is 10.5 Å². The Morgan fingerprint density at radius 1 is 1.19 bits per heavy atom. The van der Waals surface area contributed by atoms with Crippen LogP contribution in [0.15, 0.2) is 36.7 Å². The Bertz CT molecular complexity index is 1110. The average molecular weight is 445 g/mol. The van der Waals surface area contributed by atoms with Gasteiger partial charge in [0.15, 0.2) is 0 Å². The third kappa shape index (κ3) is 4.07. The molecule has 8 nitrogen and oxygen atoms in total. The number of halogens is 1. The number of anilines is 1. The van der Waals surface area contributed by atoms with Crippen molar-refractivity contribution in [1.29, 1.82) is 0 Å². The van der Waals surface area contributed by atoms with E-state index < -0.39 is 6.09 Å². The van der Waals surface area contributed by atoms with Gasteiger partial charge in [0.05, 0.1) is 24.9 Å². The van der Waals surface area contributed by atoms with Gasteiger partial charge in [-0.2, -0.15) is 0 Å². The number of piperidine rings is 1. The summed E-state index contributed by atoms with van der Waals surface area (Å²) in [6, 6.07) is 7.71. The van der Waals surface area contributed by atoms with Gasteiger partial charge in [0.2, 0.25) is 0 Å². The van der Waals surface area contributed by atoms with Crippen molar-refractivity contribution in [2.45, 2.75) is 18.9 Å². The summed E-state index contributed by atoms with van der Waals surface area (Å²) in [5.74, 6) is 1.18. The van der Waals surface area contributed by atoms with Gasteiger partial charge in [0.25, 0.3) is 0 Å². The minimum absolute atomic E-state index is 0.0581. The first-order valence-corrected chi connectivity index (χ1v) is 10.4. The molecule has 0 atom stereocenters. The van der Waals surface area contributed by atoms with Crippen LogP contribution in [0.1, 0.15) is 12.8 Å². The minimum atomic E-state index is -0.876. The number of pyridine rings is 1. The molecule has 0 spiro atoms. The highest BCUT2D eigenvalue weighted by Crippen LogP contribution is 2.38. The Kier molecular flexibility index (Phi) is 5.82. The summed E-state index contributed by atoms with van der Waals surface area (Å²) in [6.07, 6.45) is 4.64. The summed E-state index contributed by atoms with van der Waals surface area (Å²) in [4.78, 5) is 19.7. The standard InChI is InChI=1S/C22H25ClN4O4/c1-25(22(28)29)14-4-7-26(8-5-14)15-6-9-27-13-18(24-21(27)10-15)16-11-17(23)20(31-3)12-19(16)30-2/h6,9-14H,4-5,7-8H2,1-3H3,(H,28,29). The van der Waals surface area contributed by atoms with Gasteiger partial charge < -0.3 is 28.8 Å². The predicted octanol–water partition coefficient (Wildman–Crippen LogP) is 4.25. The Labute approximate surface area is 185 Å². The van der Waals surface area contributed by atoms with Crippen molar-refractivity contribution in [2.75, 3.05) is 39.3 Å². The first-order valence-electron chi connectivity index (χ1n) is 10.0. The molecule has 0 bridgehead atoms. The van der Waals surface area contributed by atoms with Gasteiger partial charge in [-0.1, -0.05) is 11.6 Å². The SMILES string of the molecule is COc1cc(OC)c(-c2cn3ccc(N4CCC(N(C)C(=O)O)CC4)cc3n2)cc1Cl. The second-order valence-corrected chi connectivity index (χ2v) is 7.98. The Balaban J connectivity index is 1.59. The number of methoxy groups -OCH3 is 2. The summed E-state index contributed by atoms with van der Waals surface area (Å²) in [6.45, 7) is 1.60. The maximum Gasteiger partial charge on any atom is 0.407 e. The minimum Gasteiger partial charge on any atom is -0.496 e. The molecule has 1 saturated heterocycles. The van der Waals surface area contributed by atoms with Crippen molar-refractivity contribution in [3.63, 3.8) is 0 Å². The van der Waals surface area contributed by atoms with Gasteiger partial charge >= 0.3 is 6.09 Å². The van der Waals surface area contributed by atoms with E-state index in [0.29, 0.717) is 16.5 Å². The number of hydrogen-bond donors (Lipinski definition) is 1. The molecule has 3 heterocycles. The molecule has 0 aliphatic carbocycles. The van der Waals surface area contributed by atoms with Gasteiger partial charge in [0, 0.05) is 62.0 Å².